The number of nitrogens with one attached hydrogen (secondary N) is 1. The van der Waals surface area contributed by atoms with Crippen LogP contribution in [0, 0.1) is 30.9 Å². The van der Waals surface area contributed by atoms with Crippen LogP contribution in [-0.4, -0.2) is 39.9 Å². The first-order valence-electron chi connectivity index (χ1n) is 8.04. The number of carbonyl (C=O) groups excluding carboxylic acids is 1. The molecule has 8 nitrogen and oxygen atoms in total. The molecule has 1 aromatic heterocycles. The standard InChI is InChI=1S/C17H22N4O4S/c1-11-6-5-7-14(21(23)24)16(11)19-15(22)10-26-17-18-12(2)13(3)20(17)8-9-25-4/h5-7H,8-10H2,1-4H3,(H,19,22). The van der Waals surface area contributed by atoms with Crippen LogP contribution in [0.15, 0.2) is 23.4 Å². The van der Waals surface area contributed by atoms with Crippen LogP contribution in [0.1, 0.15) is 17.0 Å². The summed E-state index contributed by atoms with van der Waals surface area (Å²) in [6, 6.07) is 4.69. The Morgan fingerprint density at radius 2 is 2.12 bits per heavy atom. The number of carbonyl (C=O) groups is 1. The van der Waals surface area contributed by atoms with E-state index >= 15 is 0 Å². The molecule has 140 valence electrons. The summed E-state index contributed by atoms with van der Waals surface area (Å²) in [5.41, 5.74) is 2.69. The largest absolute Gasteiger partial charge is 0.383 e. The summed E-state index contributed by atoms with van der Waals surface area (Å²) in [5, 5.41) is 14.5. The van der Waals surface area contributed by atoms with Crippen molar-refractivity contribution in [1.82, 2.24) is 9.55 Å². The SMILES string of the molecule is COCCn1c(SCC(=O)Nc2c(C)cccc2[N+](=O)[O-])nc(C)c1C. The summed E-state index contributed by atoms with van der Waals surface area (Å²) in [5.74, 6) is -0.210. The summed E-state index contributed by atoms with van der Waals surface area (Å²) in [4.78, 5) is 27.4. The molecule has 1 aromatic carbocycles. The number of nitro benzene ring substituents is 1. The summed E-state index contributed by atoms with van der Waals surface area (Å²) < 4.78 is 7.12. The Hall–Kier alpha value is -2.39. The van der Waals surface area contributed by atoms with Crippen molar-refractivity contribution in [2.24, 2.45) is 0 Å². The quantitative estimate of drug-likeness (QED) is 0.430. The number of nitro groups is 1. The Kier molecular flexibility index (Phi) is 6.76. The van der Waals surface area contributed by atoms with Crippen LogP contribution < -0.4 is 5.32 Å². The second kappa shape index (κ2) is 8.81. The van der Waals surface area contributed by atoms with Crippen LogP contribution >= 0.6 is 11.8 Å². The van der Waals surface area contributed by atoms with Crippen molar-refractivity contribution >= 4 is 29.0 Å². The van der Waals surface area contributed by atoms with Crippen LogP contribution in [0.25, 0.3) is 0 Å². The normalized spacial score (nSPS) is 10.8. The van der Waals surface area contributed by atoms with Crippen LogP contribution in [0.3, 0.4) is 0 Å². The molecule has 26 heavy (non-hydrogen) atoms. The summed E-state index contributed by atoms with van der Waals surface area (Å²) in [7, 11) is 1.63. The number of imidazole rings is 1. The Bertz CT molecular complexity index is 819. The van der Waals surface area contributed by atoms with Gasteiger partial charge in [-0.2, -0.15) is 0 Å². The molecule has 2 rings (SSSR count). The molecule has 0 unspecified atom stereocenters. The second-order valence-corrected chi connectivity index (χ2v) is 6.72. The number of para-hydroxylation sites is 1. The Morgan fingerprint density at radius 1 is 1.38 bits per heavy atom. The fourth-order valence-corrected chi connectivity index (χ4v) is 3.37. The number of hydrogen-bond donors (Lipinski definition) is 1. The molecule has 0 saturated carbocycles. The number of anilines is 1. The molecule has 0 aliphatic rings. The molecule has 0 aliphatic carbocycles. The number of nitrogens with zero attached hydrogens (tertiary/aromatic N) is 3. The first kappa shape index (κ1) is 19.9. The maximum absolute atomic E-state index is 12.3. The predicted octanol–water partition coefficient (Wildman–Crippen LogP) is 3.09. The molecule has 0 radical (unpaired) electrons. The van der Waals surface area contributed by atoms with Gasteiger partial charge in [-0.05, 0) is 26.3 Å². The van der Waals surface area contributed by atoms with Gasteiger partial charge in [-0.3, -0.25) is 14.9 Å². The van der Waals surface area contributed by atoms with E-state index in [2.05, 4.69) is 10.3 Å². The highest BCUT2D eigenvalue weighted by molar-refractivity contribution is 7.99. The lowest BCUT2D eigenvalue weighted by molar-refractivity contribution is -0.384. The van der Waals surface area contributed by atoms with E-state index in [9.17, 15) is 14.9 Å². The highest BCUT2D eigenvalue weighted by atomic mass is 32.2. The maximum Gasteiger partial charge on any atom is 0.293 e. The van der Waals surface area contributed by atoms with E-state index in [-0.39, 0.29) is 23.0 Å². The molecule has 1 heterocycles. The summed E-state index contributed by atoms with van der Waals surface area (Å²) >= 11 is 1.29. The van der Waals surface area contributed by atoms with Gasteiger partial charge in [0.2, 0.25) is 5.91 Å². The number of aryl methyl sites for hydroxylation is 2. The van der Waals surface area contributed by atoms with Crippen LogP contribution in [0.5, 0.6) is 0 Å². The van der Waals surface area contributed by atoms with E-state index in [1.165, 1.54) is 17.8 Å². The average Bonchev–Trinajstić information content (AvgIpc) is 2.86. The zero-order valence-corrected chi connectivity index (χ0v) is 16.1. The zero-order chi connectivity index (χ0) is 19.3. The van der Waals surface area contributed by atoms with E-state index in [1.807, 2.05) is 18.4 Å². The van der Waals surface area contributed by atoms with Gasteiger partial charge in [-0.1, -0.05) is 23.9 Å². The minimum Gasteiger partial charge on any atom is -0.383 e. The van der Waals surface area contributed by atoms with Gasteiger partial charge in [0.15, 0.2) is 5.16 Å². The highest BCUT2D eigenvalue weighted by Gasteiger charge is 2.19. The zero-order valence-electron chi connectivity index (χ0n) is 15.2. The third kappa shape index (κ3) is 4.61. The summed E-state index contributed by atoms with van der Waals surface area (Å²) in [6.45, 7) is 6.81. The van der Waals surface area contributed by atoms with E-state index in [4.69, 9.17) is 4.74 Å². The molecule has 2 aromatic rings. The van der Waals surface area contributed by atoms with Gasteiger partial charge in [0.1, 0.15) is 5.69 Å². The molecule has 1 amide bonds. The lowest BCUT2D eigenvalue weighted by atomic mass is 10.1. The molecule has 0 fully saturated rings. The van der Waals surface area contributed by atoms with Gasteiger partial charge < -0.3 is 14.6 Å². The lowest BCUT2D eigenvalue weighted by Crippen LogP contribution is -2.17. The van der Waals surface area contributed by atoms with Gasteiger partial charge in [0.25, 0.3) is 5.69 Å². The number of amides is 1. The highest BCUT2D eigenvalue weighted by Crippen LogP contribution is 2.28. The lowest BCUT2D eigenvalue weighted by Gasteiger charge is -2.10. The molecule has 9 heteroatoms. The third-order valence-corrected chi connectivity index (χ3v) is 4.96. The number of rotatable bonds is 8. The van der Waals surface area contributed by atoms with Gasteiger partial charge in [-0.25, -0.2) is 4.98 Å². The monoisotopic (exact) mass is 378 g/mol. The van der Waals surface area contributed by atoms with Crippen molar-refractivity contribution in [1.29, 1.82) is 0 Å². The minimum atomic E-state index is -0.500. The van der Waals surface area contributed by atoms with Crippen molar-refractivity contribution < 1.29 is 14.5 Å². The number of benzene rings is 1. The fraction of sp³-hybridized carbons (Fsp3) is 0.412. The predicted molar refractivity (Wildman–Crippen MR) is 101 cm³/mol. The van der Waals surface area contributed by atoms with Gasteiger partial charge >= 0.3 is 0 Å². The Balaban J connectivity index is 2.09. The number of aromatic nitrogens is 2. The van der Waals surface area contributed by atoms with Crippen molar-refractivity contribution in [2.75, 3.05) is 24.8 Å². The number of methoxy groups -OCH3 is 1. The number of thioether (sulfide) groups is 1. The fourth-order valence-electron chi connectivity index (χ4n) is 2.45. The summed E-state index contributed by atoms with van der Waals surface area (Å²) in [6.07, 6.45) is 0. The third-order valence-electron chi connectivity index (χ3n) is 3.99. The van der Waals surface area contributed by atoms with Gasteiger partial charge in [0.05, 0.1) is 23.0 Å². The van der Waals surface area contributed by atoms with E-state index < -0.39 is 4.92 Å². The molecule has 0 spiro atoms. The maximum atomic E-state index is 12.3. The van der Waals surface area contributed by atoms with E-state index in [0.717, 1.165) is 16.5 Å². The van der Waals surface area contributed by atoms with Gasteiger partial charge in [-0.15, -0.1) is 0 Å². The average molecular weight is 378 g/mol. The number of ether oxygens (including phenoxy) is 1. The van der Waals surface area contributed by atoms with Crippen molar-refractivity contribution in [3.05, 3.63) is 45.3 Å². The number of hydrogen-bond acceptors (Lipinski definition) is 6. The van der Waals surface area contributed by atoms with Gasteiger partial charge in [0, 0.05) is 25.4 Å². The first-order valence-corrected chi connectivity index (χ1v) is 9.03. The molecule has 0 saturated heterocycles. The molecule has 0 bridgehead atoms. The van der Waals surface area contributed by atoms with Crippen LogP contribution in [0.4, 0.5) is 11.4 Å². The van der Waals surface area contributed by atoms with Crippen LogP contribution in [-0.2, 0) is 16.1 Å². The van der Waals surface area contributed by atoms with Crippen molar-refractivity contribution in [3.63, 3.8) is 0 Å². The molecule has 0 atom stereocenters. The molecular formula is C17H22N4O4S. The van der Waals surface area contributed by atoms with Crippen molar-refractivity contribution in [2.45, 2.75) is 32.5 Å². The van der Waals surface area contributed by atoms with Crippen LogP contribution in [0.2, 0.25) is 0 Å². The molecular weight excluding hydrogens is 356 g/mol. The Labute approximate surface area is 156 Å². The first-order chi connectivity index (χ1) is 12.3. The minimum absolute atomic E-state index is 0.106. The second-order valence-electron chi connectivity index (χ2n) is 5.77. The Morgan fingerprint density at radius 3 is 2.77 bits per heavy atom. The topological polar surface area (TPSA) is 99.3 Å². The van der Waals surface area contributed by atoms with E-state index in [1.54, 1.807) is 26.2 Å². The molecule has 1 N–H and O–H groups in total. The smallest absolute Gasteiger partial charge is 0.293 e. The van der Waals surface area contributed by atoms with Crippen molar-refractivity contribution in [3.8, 4) is 0 Å². The molecule has 0 aliphatic heterocycles. The van der Waals surface area contributed by atoms with E-state index in [0.29, 0.717) is 18.7 Å².